The van der Waals surface area contributed by atoms with Gasteiger partial charge >= 0.3 is 0 Å². The van der Waals surface area contributed by atoms with Crippen LogP contribution in [0, 0.1) is 0 Å². The lowest BCUT2D eigenvalue weighted by atomic mass is 9.67. The molecule has 0 spiro atoms. The summed E-state index contributed by atoms with van der Waals surface area (Å²) in [5, 5.41) is 0. The fourth-order valence-corrected chi connectivity index (χ4v) is 12.0. The van der Waals surface area contributed by atoms with Crippen molar-refractivity contribution in [1.82, 2.24) is 0 Å². The minimum Gasteiger partial charge on any atom is -0.310 e. The van der Waals surface area contributed by atoms with Crippen LogP contribution in [-0.4, -0.2) is 0 Å². The molecule has 0 bridgehead atoms. The van der Waals surface area contributed by atoms with Crippen LogP contribution < -0.4 is 4.90 Å². The average Bonchev–Trinajstić information content (AvgIpc) is 3.61. The van der Waals surface area contributed by atoms with Gasteiger partial charge in [0.1, 0.15) is 0 Å². The molecule has 362 valence electrons. The molecule has 9 rings (SSSR count). The highest BCUT2D eigenvalue weighted by atomic mass is 15.1. The molecule has 0 heterocycles. The molecular formula is C69H81N. The quantitative estimate of drug-likeness (QED) is 0.154. The molecule has 2 aliphatic carbocycles. The van der Waals surface area contributed by atoms with Crippen molar-refractivity contribution in [2.45, 2.75) is 174 Å². The summed E-state index contributed by atoms with van der Waals surface area (Å²) in [6.07, 6.45) is 6.59. The van der Waals surface area contributed by atoms with E-state index in [4.69, 9.17) is 0 Å². The lowest BCUT2D eigenvalue weighted by Gasteiger charge is -2.37. The van der Waals surface area contributed by atoms with Gasteiger partial charge in [-0.15, -0.1) is 0 Å². The first-order valence-corrected chi connectivity index (χ1v) is 26.5. The van der Waals surface area contributed by atoms with Gasteiger partial charge in [-0.1, -0.05) is 238 Å². The highest BCUT2D eigenvalue weighted by Gasteiger charge is 2.47. The molecule has 0 amide bonds. The monoisotopic (exact) mass is 924 g/mol. The lowest BCUT2D eigenvalue weighted by molar-refractivity contribution is 0.443. The number of nitrogens with zero attached hydrogens (tertiary/aromatic N) is 1. The van der Waals surface area contributed by atoms with Crippen molar-refractivity contribution >= 4 is 17.1 Å². The minimum atomic E-state index is -0.538. The van der Waals surface area contributed by atoms with E-state index in [1.54, 1.807) is 0 Å². The van der Waals surface area contributed by atoms with Crippen LogP contribution in [0.15, 0.2) is 152 Å². The SMILES string of the molecule is CC(C)(C)c1ccc(C2(c3ccc(C(C)(C)C)cc3)c3ccccc3-c3ccc(N(c4ccc(-c5cc(C(C)(C)C)c(C(C)(C)C)c(C(C)(C)C)c5)cc4)c4ccc(C5CCCCC5)cc4)cc32)cc1. The van der Waals surface area contributed by atoms with Crippen molar-refractivity contribution in [1.29, 1.82) is 0 Å². The molecule has 1 heteroatoms. The van der Waals surface area contributed by atoms with Crippen molar-refractivity contribution in [2.75, 3.05) is 4.90 Å². The molecule has 0 unspecified atom stereocenters. The maximum absolute atomic E-state index is 2.53. The molecule has 0 aliphatic heterocycles. The summed E-state index contributed by atoms with van der Waals surface area (Å²) < 4.78 is 0. The van der Waals surface area contributed by atoms with Crippen LogP contribution in [0.5, 0.6) is 0 Å². The maximum atomic E-state index is 2.53. The summed E-state index contributed by atoms with van der Waals surface area (Å²) in [4.78, 5) is 2.51. The molecule has 7 aromatic carbocycles. The van der Waals surface area contributed by atoms with Gasteiger partial charge in [0.2, 0.25) is 0 Å². The minimum absolute atomic E-state index is 0.00907. The van der Waals surface area contributed by atoms with E-state index in [-0.39, 0.29) is 27.1 Å². The van der Waals surface area contributed by atoms with Gasteiger partial charge in [-0.3, -0.25) is 0 Å². The topological polar surface area (TPSA) is 3.24 Å². The Morgan fingerprint density at radius 3 is 1.31 bits per heavy atom. The fraction of sp³-hybridized carbons (Fsp3) is 0.391. The molecule has 2 aliphatic rings. The average molecular weight is 924 g/mol. The highest BCUT2D eigenvalue weighted by Crippen LogP contribution is 2.58. The first kappa shape index (κ1) is 49.3. The Bertz CT molecular complexity index is 2880. The Morgan fingerprint density at radius 2 is 0.843 bits per heavy atom. The number of anilines is 3. The van der Waals surface area contributed by atoms with Crippen LogP contribution in [0.1, 0.15) is 198 Å². The van der Waals surface area contributed by atoms with Gasteiger partial charge < -0.3 is 4.90 Å². The van der Waals surface area contributed by atoms with E-state index in [9.17, 15) is 0 Å². The van der Waals surface area contributed by atoms with E-state index in [0.29, 0.717) is 5.92 Å². The zero-order chi connectivity index (χ0) is 50.2. The predicted octanol–water partition coefficient (Wildman–Crippen LogP) is 19.7. The Balaban J connectivity index is 1.25. The first-order chi connectivity index (χ1) is 32.9. The highest BCUT2D eigenvalue weighted by molar-refractivity contribution is 5.90. The van der Waals surface area contributed by atoms with Crippen molar-refractivity contribution in [3.05, 3.63) is 207 Å². The van der Waals surface area contributed by atoms with E-state index in [0.717, 1.165) is 11.4 Å². The Labute approximate surface area is 423 Å². The summed E-state index contributed by atoms with van der Waals surface area (Å²) >= 11 is 0. The number of benzene rings is 7. The maximum Gasteiger partial charge on any atom is 0.0714 e. The van der Waals surface area contributed by atoms with Gasteiger partial charge in [0, 0.05) is 17.1 Å². The second-order valence-corrected chi connectivity index (χ2v) is 26.2. The number of fused-ring (bicyclic) bond motifs is 3. The summed E-state index contributed by atoms with van der Waals surface area (Å²) in [6, 6.07) is 59.7. The fourth-order valence-electron chi connectivity index (χ4n) is 12.0. The van der Waals surface area contributed by atoms with Crippen LogP contribution in [-0.2, 0) is 32.5 Å². The predicted molar refractivity (Wildman–Crippen MR) is 303 cm³/mol. The second-order valence-electron chi connectivity index (χ2n) is 26.2. The molecule has 70 heavy (non-hydrogen) atoms. The van der Waals surface area contributed by atoms with Crippen LogP contribution in [0.4, 0.5) is 17.1 Å². The van der Waals surface area contributed by atoms with Crippen LogP contribution in [0.25, 0.3) is 22.3 Å². The van der Waals surface area contributed by atoms with Gasteiger partial charge in [0.15, 0.2) is 0 Å². The molecule has 0 N–H and O–H groups in total. The van der Waals surface area contributed by atoms with Crippen molar-refractivity contribution < 1.29 is 0 Å². The van der Waals surface area contributed by atoms with Crippen molar-refractivity contribution in [3.8, 4) is 22.3 Å². The van der Waals surface area contributed by atoms with E-state index in [1.165, 1.54) is 116 Å². The Morgan fingerprint density at radius 1 is 0.386 bits per heavy atom. The third-order valence-electron chi connectivity index (χ3n) is 15.8. The standard InChI is InChI=1S/C69H81N/c1-64(2,3)50-29-33-52(34-30-50)69(53-35-31-51(32-36-53)65(4,5)6)59-24-20-19-23-57(59)58-42-41-56(45-60(58)69)70(54-37-25-47(26-38-54)46-21-17-16-18-22-46)55-39-27-48(28-40-55)49-43-61(66(7,8)9)63(68(13,14)15)62(44-49)67(10,11)12/h19-20,23-46H,16-18,21-22H2,1-15H3. The Hall–Kier alpha value is -5.66. The second kappa shape index (κ2) is 17.9. The summed E-state index contributed by atoms with van der Waals surface area (Å²) in [5.74, 6) is 0.643. The van der Waals surface area contributed by atoms with Gasteiger partial charge in [-0.2, -0.15) is 0 Å². The lowest BCUT2D eigenvalue weighted by Crippen LogP contribution is -2.29. The molecule has 7 aromatic rings. The van der Waals surface area contributed by atoms with E-state index < -0.39 is 5.41 Å². The number of rotatable bonds is 7. The molecule has 1 nitrogen and oxygen atoms in total. The third-order valence-corrected chi connectivity index (χ3v) is 15.8. The van der Waals surface area contributed by atoms with Gasteiger partial charge in [-0.25, -0.2) is 0 Å². The molecule has 1 saturated carbocycles. The van der Waals surface area contributed by atoms with Crippen molar-refractivity contribution in [2.24, 2.45) is 0 Å². The molecule has 0 atom stereocenters. The van der Waals surface area contributed by atoms with E-state index in [2.05, 4.69) is 260 Å². The van der Waals surface area contributed by atoms with E-state index >= 15 is 0 Å². The summed E-state index contributed by atoms with van der Waals surface area (Å²) in [6.45, 7) is 35.3. The van der Waals surface area contributed by atoms with Crippen molar-refractivity contribution in [3.63, 3.8) is 0 Å². The van der Waals surface area contributed by atoms with Crippen LogP contribution >= 0.6 is 0 Å². The number of hydrogen-bond acceptors (Lipinski definition) is 1. The van der Waals surface area contributed by atoms with Crippen LogP contribution in [0.2, 0.25) is 0 Å². The smallest absolute Gasteiger partial charge is 0.0714 e. The zero-order valence-corrected chi connectivity index (χ0v) is 45.5. The molecule has 1 fully saturated rings. The molecular weight excluding hydrogens is 843 g/mol. The molecule has 0 aromatic heterocycles. The Kier molecular flexibility index (Phi) is 12.6. The van der Waals surface area contributed by atoms with Gasteiger partial charge in [0.25, 0.3) is 0 Å². The molecule has 0 saturated heterocycles. The van der Waals surface area contributed by atoms with E-state index in [1.807, 2.05) is 0 Å². The number of hydrogen-bond donors (Lipinski definition) is 0. The van der Waals surface area contributed by atoms with Gasteiger partial charge in [0.05, 0.1) is 5.41 Å². The zero-order valence-electron chi connectivity index (χ0n) is 45.5. The third kappa shape index (κ3) is 9.12. The van der Waals surface area contributed by atoms with Crippen LogP contribution in [0.3, 0.4) is 0 Å². The summed E-state index contributed by atoms with van der Waals surface area (Å²) in [5.41, 5.74) is 21.9. The normalized spacial score (nSPS) is 15.4. The first-order valence-electron chi connectivity index (χ1n) is 26.5. The van der Waals surface area contributed by atoms with Gasteiger partial charge in [-0.05, 0) is 160 Å². The summed E-state index contributed by atoms with van der Waals surface area (Å²) in [7, 11) is 0. The largest absolute Gasteiger partial charge is 0.310 e. The molecule has 0 radical (unpaired) electrons.